The number of amides is 1. The van der Waals surface area contributed by atoms with E-state index < -0.39 is 5.54 Å². The van der Waals surface area contributed by atoms with Gasteiger partial charge in [-0.1, -0.05) is 18.9 Å². The predicted octanol–water partition coefficient (Wildman–Crippen LogP) is 1.80. The molecule has 0 atom stereocenters. The molecule has 2 rings (SSSR count). The van der Waals surface area contributed by atoms with Crippen LogP contribution >= 0.6 is 0 Å². The Morgan fingerprint density at radius 1 is 1.47 bits per heavy atom. The van der Waals surface area contributed by atoms with Crippen LogP contribution in [0.4, 0.5) is 5.69 Å². The first-order valence-electron chi connectivity index (χ1n) is 6.34. The van der Waals surface area contributed by atoms with Gasteiger partial charge >= 0.3 is 0 Å². The van der Waals surface area contributed by atoms with Gasteiger partial charge in [0.25, 0.3) is 0 Å². The third-order valence-corrected chi connectivity index (χ3v) is 3.34. The SMILES string of the molecule is N#CCOc1cccc(NC(=O)C2(N)CCCC2)c1. The van der Waals surface area contributed by atoms with Crippen LogP contribution in [0.5, 0.6) is 5.75 Å². The molecule has 0 aromatic heterocycles. The highest BCUT2D eigenvalue weighted by Crippen LogP contribution is 2.28. The van der Waals surface area contributed by atoms with Crippen molar-refractivity contribution in [2.45, 2.75) is 31.2 Å². The number of benzene rings is 1. The van der Waals surface area contributed by atoms with Crippen molar-refractivity contribution in [1.29, 1.82) is 5.26 Å². The summed E-state index contributed by atoms with van der Waals surface area (Å²) in [6.07, 6.45) is 3.44. The lowest BCUT2D eigenvalue weighted by atomic mass is 9.98. The second-order valence-electron chi connectivity index (χ2n) is 4.79. The van der Waals surface area contributed by atoms with E-state index >= 15 is 0 Å². The number of carbonyl (C=O) groups is 1. The van der Waals surface area contributed by atoms with Gasteiger partial charge in [-0.3, -0.25) is 4.79 Å². The highest BCUT2D eigenvalue weighted by molar-refractivity contribution is 5.98. The van der Waals surface area contributed by atoms with E-state index in [2.05, 4.69) is 5.32 Å². The van der Waals surface area contributed by atoms with Gasteiger partial charge in [0.05, 0.1) is 5.54 Å². The molecular formula is C14H17N3O2. The molecule has 0 aliphatic heterocycles. The van der Waals surface area contributed by atoms with Gasteiger partial charge in [-0.25, -0.2) is 0 Å². The Balaban J connectivity index is 2.02. The molecule has 1 aliphatic carbocycles. The minimum absolute atomic E-state index is 0.0156. The summed E-state index contributed by atoms with van der Waals surface area (Å²) in [5, 5.41) is 11.3. The number of nitrogens with zero attached hydrogens (tertiary/aromatic N) is 1. The zero-order valence-electron chi connectivity index (χ0n) is 10.7. The van der Waals surface area contributed by atoms with Gasteiger partial charge in [0.1, 0.15) is 11.8 Å². The molecule has 1 aromatic rings. The summed E-state index contributed by atoms with van der Waals surface area (Å²) in [5.74, 6) is 0.402. The number of nitrogens with one attached hydrogen (secondary N) is 1. The van der Waals surface area contributed by atoms with Crippen LogP contribution in [0.25, 0.3) is 0 Å². The summed E-state index contributed by atoms with van der Waals surface area (Å²) in [6, 6.07) is 8.86. The molecule has 0 heterocycles. The number of rotatable bonds is 4. The van der Waals surface area contributed by atoms with Gasteiger partial charge in [0, 0.05) is 11.8 Å². The van der Waals surface area contributed by atoms with Crippen LogP contribution in [0.1, 0.15) is 25.7 Å². The van der Waals surface area contributed by atoms with Crippen LogP contribution in [-0.2, 0) is 4.79 Å². The van der Waals surface area contributed by atoms with Crippen molar-refractivity contribution in [2.75, 3.05) is 11.9 Å². The maximum Gasteiger partial charge on any atom is 0.244 e. The van der Waals surface area contributed by atoms with Crippen molar-refractivity contribution in [2.24, 2.45) is 5.73 Å². The Hall–Kier alpha value is -2.06. The standard InChI is InChI=1S/C14H17N3O2/c15-8-9-19-12-5-3-4-11(10-12)17-13(18)14(16)6-1-2-7-14/h3-5,10H,1-2,6-7,9,16H2,(H,17,18). The normalized spacial score (nSPS) is 16.6. The van der Waals surface area contributed by atoms with Crippen LogP contribution in [0.2, 0.25) is 0 Å². The molecule has 0 radical (unpaired) electrons. The lowest BCUT2D eigenvalue weighted by molar-refractivity contribution is -0.121. The zero-order chi connectivity index (χ0) is 13.7. The smallest absolute Gasteiger partial charge is 0.244 e. The second-order valence-corrected chi connectivity index (χ2v) is 4.79. The number of nitrogens with two attached hydrogens (primary N) is 1. The van der Waals surface area contributed by atoms with Gasteiger partial charge in [0.2, 0.25) is 5.91 Å². The Morgan fingerprint density at radius 2 is 2.21 bits per heavy atom. The van der Waals surface area contributed by atoms with Gasteiger partial charge in [-0.2, -0.15) is 5.26 Å². The first-order chi connectivity index (χ1) is 9.14. The van der Waals surface area contributed by atoms with E-state index in [0.717, 1.165) is 25.7 Å². The van der Waals surface area contributed by atoms with Crippen molar-refractivity contribution >= 4 is 11.6 Å². The van der Waals surface area contributed by atoms with E-state index in [9.17, 15) is 4.79 Å². The van der Waals surface area contributed by atoms with Crippen LogP contribution in [0.3, 0.4) is 0 Å². The van der Waals surface area contributed by atoms with Gasteiger partial charge in [-0.15, -0.1) is 0 Å². The number of anilines is 1. The number of nitriles is 1. The van der Waals surface area contributed by atoms with Crippen molar-refractivity contribution in [3.8, 4) is 11.8 Å². The molecule has 0 spiro atoms. The molecule has 5 heteroatoms. The largest absolute Gasteiger partial charge is 0.479 e. The fraction of sp³-hybridized carbons (Fsp3) is 0.429. The fourth-order valence-corrected chi connectivity index (χ4v) is 2.27. The van der Waals surface area contributed by atoms with E-state index in [1.54, 1.807) is 24.3 Å². The first kappa shape index (κ1) is 13.4. The lowest BCUT2D eigenvalue weighted by Crippen LogP contribution is -2.48. The Kier molecular flexibility index (Phi) is 4.03. The van der Waals surface area contributed by atoms with Crippen LogP contribution in [0, 0.1) is 11.3 Å². The molecule has 1 saturated carbocycles. The minimum Gasteiger partial charge on any atom is -0.479 e. The monoisotopic (exact) mass is 259 g/mol. The van der Waals surface area contributed by atoms with E-state index in [1.807, 2.05) is 6.07 Å². The molecule has 0 unspecified atom stereocenters. The molecule has 100 valence electrons. The number of hydrogen-bond acceptors (Lipinski definition) is 4. The van der Waals surface area contributed by atoms with Crippen LogP contribution in [0.15, 0.2) is 24.3 Å². The highest BCUT2D eigenvalue weighted by Gasteiger charge is 2.36. The molecule has 3 N–H and O–H groups in total. The van der Waals surface area contributed by atoms with Crippen molar-refractivity contribution in [3.05, 3.63) is 24.3 Å². The maximum absolute atomic E-state index is 12.1. The summed E-state index contributed by atoms with van der Waals surface area (Å²) in [7, 11) is 0. The molecule has 5 nitrogen and oxygen atoms in total. The first-order valence-corrected chi connectivity index (χ1v) is 6.34. The van der Waals surface area contributed by atoms with E-state index in [4.69, 9.17) is 15.7 Å². The summed E-state index contributed by atoms with van der Waals surface area (Å²) >= 11 is 0. The maximum atomic E-state index is 12.1. The van der Waals surface area contributed by atoms with Crippen LogP contribution in [-0.4, -0.2) is 18.1 Å². The molecule has 1 aliphatic rings. The average Bonchev–Trinajstić information content (AvgIpc) is 2.85. The van der Waals surface area contributed by atoms with E-state index in [1.165, 1.54) is 0 Å². The summed E-state index contributed by atoms with van der Waals surface area (Å²) in [4.78, 5) is 12.1. The van der Waals surface area contributed by atoms with Crippen molar-refractivity contribution in [1.82, 2.24) is 0 Å². The third kappa shape index (κ3) is 3.24. The second kappa shape index (κ2) is 5.72. The summed E-state index contributed by atoms with van der Waals surface area (Å²) in [5.41, 5.74) is 5.97. The number of carbonyl (C=O) groups excluding carboxylic acids is 1. The molecule has 0 bridgehead atoms. The zero-order valence-corrected chi connectivity index (χ0v) is 10.7. The fourth-order valence-electron chi connectivity index (χ4n) is 2.27. The Morgan fingerprint density at radius 3 is 2.89 bits per heavy atom. The Labute approximate surface area is 112 Å². The molecular weight excluding hydrogens is 242 g/mol. The predicted molar refractivity (Wildman–Crippen MR) is 71.6 cm³/mol. The average molecular weight is 259 g/mol. The van der Waals surface area contributed by atoms with Crippen molar-refractivity contribution < 1.29 is 9.53 Å². The molecule has 1 aromatic carbocycles. The quantitative estimate of drug-likeness (QED) is 0.863. The Bertz CT molecular complexity index is 502. The van der Waals surface area contributed by atoms with Gasteiger partial charge in [0.15, 0.2) is 6.61 Å². The van der Waals surface area contributed by atoms with E-state index in [-0.39, 0.29) is 12.5 Å². The summed E-state index contributed by atoms with van der Waals surface area (Å²) < 4.78 is 5.18. The molecule has 1 amide bonds. The van der Waals surface area contributed by atoms with E-state index in [0.29, 0.717) is 11.4 Å². The number of hydrogen-bond donors (Lipinski definition) is 2. The minimum atomic E-state index is -0.747. The van der Waals surface area contributed by atoms with Gasteiger partial charge in [-0.05, 0) is 25.0 Å². The molecule has 1 fully saturated rings. The van der Waals surface area contributed by atoms with Gasteiger partial charge < -0.3 is 15.8 Å². The third-order valence-electron chi connectivity index (χ3n) is 3.34. The lowest BCUT2D eigenvalue weighted by Gasteiger charge is -2.22. The van der Waals surface area contributed by atoms with Crippen LogP contribution < -0.4 is 15.8 Å². The number of ether oxygens (including phenoxy) is 1. The molecule has 19 heavy (non-hydrogen) atoms. The molecule has 0 saturated heterocycles. The highest BCUT2D eigenvalue weighted by atomic mass is 16.5. The van der Waals surface area contributed by atoms with Crippen molar-refractivity contribution in [3.63, 3.8) is 0 Å². The summed E-state index contributed by atoms with van der Waals surface area (Å²) in [6.45, 7) is -0.0156. The topological polar surface area (TPSA) is 88.1 Å².